The van der Waals surface area contributed by atoms with Crippen LogP contribution in [0.5, 0.6) is 5.75 Å². The van der Waals surface area contributed by atoms with Crippen LogP contribution in [0.4, 0.5) is 0 Å². The highest BCUT2D eigenvalue weighted by Crippen LogP contribution is 2.23. The first-order valence-corrected chi connectivity index (χ1v) is 9.22. The molecule has 1 N–H and O–H groups in total. The molecule has 0 spiro atoms. The van der Waals surface area contributed by atoms with E-state index in [9.17, 15) is 9.59 Å². The first-order valence-electron chi connectivity index (χ1n) is 8.46. The Morgan fingerprint density at radius 3 is 2.56 bits per heavy atom. The second-order valence-electron chi connectivity index (χ2n) is 6.15. The van der Waals surface area contributed by atoms with Crippen molar-refractivity contribution in [1.82, 2.24) is 10.2 Å². The Hall–Kier alpha value is -2.24. The minimum absolute atomic E-state index is 0.167. The van der Waals surface area contributed by atoms with Gasteiger partial charge in [0.25, 0.3) is 5.91 Å². The maximum absolute atomic E-state index is 12.8. The number of hydrogen-bond acceptors (Lipinski definition) is 3. The van der Waals surface area contributed by atoms with Gasteiger partial charge in [-0.2, -0.15) is 0 Å². The van der Waals surface area contributed by atoms with Gasteiger partial charge < -0.3 is 15.0 Å². The maximum atomic E-state index is 12.8. The summed E-state index contributed by atoms with van der Waals surface area (Å²) in [6, 6.07) is 11.8. The highest BCUT2D eigenvalue weighted by atomic mass is 35.5. The summed E-state index contributed by atoms with van der Waals surface area (Å²) in [6.07, 6.45) is 0. The number of carbonyl (C=O) groups is 2. The fourth-order valence-electron chi connectivity index (χ4n) is 2.56. The zero-order chi connectivity index (χ0) is 20.0. The lowest BCUT2D eigenvalue weighted by atomic mass is 10.1. The van der Waals surface area contributed by atoms with Crippen molar-refractivity contribution in [1.29, 1.82) is 0 Å². The summed E-state index contributed by atoms with van der Waals surface area (Å²) in [7, 11) is 1.53. The van der Waals surface area contributed by atoms with Gasteiger partial charge in [-0.1, -0.05) is 41.4 Å². The Morgan fingerprint density at radius 1 is 1.19 bits per heavy atom. The lowest BCUT2D eigenvalue weighted by Gasteiger charge is -2.28. The van der Waals surface area contributed by atoms with Crippen molar-refractivity contribution in [3.05, 3.63) is 63.6 Å². The molecule has 144 valence electrons. The van der Waals surface area contributed by atoms with E-state index < -0.39 is 6.04 Å². The minimum atomic E-state index is -0.685. The summed E-state index contributed by atoms with van der Waals surface area (Å²) < 4.78 is 5.60. The van der Waals surface area contributed by atoms with E-state index in [0.29, 0.717) is 21.4 Å². The van der Waals surface area contributed by atoms with E-state index in [1.807, 2.05) is 25.1 Å². The largest absolute Gasteiger partial charge is 0.484 e. The van der Waals surface area contributed by atoms with E-state index in [1.165, 1.54) is 11.9 Å². The second-order valence-corrected chi connectivity index (χ2v) is 7.00. The predicted octanol–water partition coefficient (Wildman–Crippen LogP) is 3.84. The molecule has 0 aromatic heterocycles. The number of hydrogen-bond donors (Lipinski definition) is 1. The normalized spacial score (nSPS) is 11.6. The first-order chi connectivity index (χ1) is 12.8. The summed E-state index contributed by atoms with van der Waals surface area (Å²) in [5, 5.41) is 3.50. The SMILES string of the molecule is CNC(=O)[C@H](C)N(Cc1ccc(Cl)cc1Cl)C(=O)COc1cccc(C)c1. The Kier molecular flexibility index (Phi) is 7.51. The molecule has 0 aliphatic heterocycles. The topological polar surface area (TPSA) is 58.6 Å². The molecule has 0 radical (unpaired) electrons. The van der Waals surface area contributed by atoms with Crippen LogP contribution in [0.25, 0.3) is 0 Å². The number of ether oxygens (including phenoxy) is 1. The molecule has 0 bridgehead atoms. The summed E-state index contributed by atoms with van der Waals surface area (Å²) in [4.78, 5) is 26.3. The fourth-order valence-corrected chi connectivity index (χ4v) is 3.03. The standard InChI is InChI=1S/C20H22Cl2N2O3/c1-13-5-4-6-17(9-13)27-12-19(25)24(14(2)20(26)23-3)11-15-7-8-16(21)10-18(15)22/h4-10,14H,11-12H2,1-3H3,(H,23,26)/t14-/m0/s1. The van der Waals surface area contributed by atoms with Gasteiger partial charge in [0.05, 0.1) is 0 Å². The molecular weight excluding hydrogens is 387 g/mol. The van der Waals surface area contributed by atoms with Gasteiger partial charge >= 0.3 is 0 Å². The van der Waals surface area contributed by atoms with Crippen LogP contribution in [0.1, 0.15) is 18.1 Å². The maximum Gasteiger partial charge on any atom is 0.261 e. The zero-order valence-electron chi connectivity index (χ0n) is 15.5. The van der Waals surface area contributed by atoms with Crippen LogP contribution in [-0.4, -0.2) is 36.4 Å². The number of aryl methyl sites for hydroxylation is 1. The van der Waals surface area contributed by atoms with E-state index in [2.05, 4.69) is 5.32 Å². The molecule has 1 atom stereocenters. The minimum Gasteiger partial charge on any atom is -0.484 e. The van der Waals surface area contributed by atoms with Crippen molar-refractivity contribution < 1.29 is 14.3 Å². The molecule has 2 aromatic rings. The molecule has 0 aliphatic carbocycles. The van der Waals surface area contributed by atoms with E-state index >= 15 is 0 Å². The van der Waals surface area contributed by atoms with Crippen molar-refractivity contribution in [3.63, 3.8) is 0 Å². The van der Waals surface area contributed by atoms with Crippen LogP contribution in [0.15, 0.2) is 42.5 Å². The molecule has 2 rings (SSSR count). The van der Waals surface area contributed by atoms with Gasteiger partial charge in [-0.25, -0.2) is 0 Å². The molecule has 2 amide bonds. The number of halogens is 2. The molecule has 0 unspecified atom stereocenters. The lowest BCUT2D eigenvalue weighted by Crippen LogP contribution is -2.48. The average molecular weight is 409 g/mol. The lowest BCUT2D eigenvalue weighted by molar-refractivity contribution is -0.142. The smallest absolute Gasteiger partial charge is 0.261 e. The molecule has 0 saturated carbocycles. The van der Waals surface area contributed by atoms with Gasteiger partial charge in [0, 0.05) is 23.6 Å². The van der Waals surface area contributed by atoms with Crippen molar-refractivity contribution in [3.8, 4) is 5.75 Å². The van der Waals surface area contributed by atoms with Crippen molar-refractivity contribution in [2.45, 2.75) is 26.4 Å². The molecule has 0 aliphatic rings. The number of rotatable bonds is 7. The highest BCUT2D eigenvalue weighted by molar-refractivity contribution is 6.35. The molecule has 7 heteroatoms. The highest BCUT2D eigenvalue weighted by Gasteiger charge is 2.26. The number of carbonyl (C=O) groups excluding carboxylic acids is 2. The number of nitrogens with one attached hydrogen (secondary N) is 1. The fraction of sp³-hybridized carbons (Fsp3) is 0.300. The van der Waals surface area contributed by atoms with Crippen molar-refractivity contribution >= 4 is 35.0 Å². The summed E-state index contributed by atoms with van der Waals surface area (Å²) >= 11 is 12.2. The number of likely N-dealkylation sites (N-methyl/N-ethyl adjacent to an activating group) is 1. The van der Waals surface area contributed by atoms with Gasteiger partial charge in [-0.15, -0.1) is 0 Å². The van der Waals surface area contributed by atoms with Crippen molar-refractivity contribution in [2.24, 2.45) is 0 Å². The third kappa shape index (κ3) is 5.88. The number of nitrogens with zero attached hydrogens (tertiary/aromatic N) is 1. The third-order valence-electron chi connectivity index (χ3n) is 4.12. The van der Waals surface area contributed by atoms with Gasteiger partial charge in [0.15, 0.2) is 6.61 Å². The number of benzene rings is 2. The Labute approximate surface area is 169 Å². The molecule has 0 saturated heterocycles. The van der Waals surface area contributed by atoms with Crippen LogP contribution in [0.3, 0.4) is 0 Å². The summed E-state index contributed by atoms with van der Waals surface area (Å²) in [6.45, 7) is 3.58. The van der Waals surface area contributed by atoms with Crippen molar-refractivity contribution in [2.75, 3.05) is 13.7 Å². The van der Waals surface area contributed by atoms with E-state index in [4.69, 9.17) is 27.9 Å². The molecule has 27 heavy (non-hydrogen) atoms. The van der Waals surface area contributed by atoms with E-state index in [0.717, 1.165) is 5.56 Å². The molecule has 0 fully saturated rings. The van der Waals surface area contributed by atoms with E-state index in [1.54, 1.807) is 31.2 Å². The molecule has 2 aromatic carbocycles. The average Bonchev–Trinajstić information content (AvgIpc) is 2.64. The third-order valence-corrected chi connectivity index (χ3v) is 4.71. The van der Waals surface area contributed by atoms with Crippen LogP contribution < -0.4 is 10.1 Å². The molecular formula is C20H22Cl2N2O3. The quantitative estimate of drug-likeness (QED) is 0.756. The van der Waals surface area contributed by atoms with E-state index in [-0.39, 0.29) is 25.0 Å². The second kappa shape index (κ2) is 9.62. The van der Waals surface area contributed by atoms with Crippen LogP contribution in [0, 0.1) is 6.92 Å². The van der Waals surface area contributed by atoms with Gasteiger partial charge in [0.2, 0.25) is 5.91 Å². The van der Waals surface area contributed by atoms with Gasteiger partial charge in [-0.3, -0.25) is 9.59 Å². The summed E-state index contributed by atoms with van der Waals surface area (Å²) in [5.74, 6) is 0.00281. The number of amides is 2. The first kappa shape index (κ1) is 21.1. The zero-order valence-corrected chi connectivity index (χ0v) is 17.0. The monoisotopic (exact) mass is 408 g/mol. The molecule has 5 nitrogen and oxygen atoms in total. The Morgan fingerprint density at radius 2 is 1.93 bits per heavy atom. The van der Waals surface area contributed by atoms with Crippen LogP contribution in [-0.2, 0) is 16.1 Å². The van der Waals surface area contributed by atoms with Gasteiger partial charge in [0.1, 0.15) is 11.8 Å². The predicted molar refractivity (Wildman–Crippen MR) is 107 cm³/mol. The summed E-state index contributed by atoms with van der Waals surface area (Å²) in [5.41, 5.74) is 1.73. The van der Waals surface area contributed by atoms with Crippen LogP contribution in [0.2, 0.25) is 10.0 Å². The molecule has 0 heterocycles. The van der Waals surface area contributed by atoms with Gasteiger partial charge in [-0.05, 0) is 49.2 Å². The van der Waals surface area contributed by atoms with Crippen LogP contribution >= 0.6 is 23.2 Å². The Bertz CT molecular complexity index is 827. The Balaban J connectivity index is 2.17.